The van der Waals surface area contributed by atoms with Gasteiger partial charge in [0.2, 0.25) is 0 Å². The third-order valence-electron chi connectivity index (χ3n) is 4.39. The maximum Gasteiger partial charge on any atom is 0.0207 e. The van der Waals surface area contributed by atoms with Crippen molar-refractivity contribution in [1.29, 1.82) is 0 Å². The second-order valence-corrected chi connectivity index (χ2v) is 5.91. The summed E-state index contributed by atoms with van der Waals surface area (Å²) in [5.74, 6) is 9.97. The lowest BCUT2D eigenvalue weighted by atomic mass is 9.95. The van der Waals surface area contributed by atoms with Crippen LogP contribution in [0.25, 0.3) is 0 Å². The van der Waals surface area contributed by atoms with Gasteiger partial charge in [-0.05, 0) is 43.6 Å². The lowest BCUT2D eigenvalue weighted by molar-refractivity contribution is 0.644. The summed E-state index contributed by atoms with van der Waals surface area (Å²) >= 11 is 0. The van der Waals surface area contributed by atoms with Crippen LogP contribution in [0.4, 0.5) is 0 Å². The number of fused-ring (bicyclic) bond motifs is 2. The fraction of sp³-hybridized carbons (Fsp3) is 0.529. The van der Waals surface area contributed by atoms with Gasteiger partial charge in [-0.1, -0.05) is 36.1 Å². The molecule has 0 heteroatoms. The highest BCUT2D eigenvalue weighted by Gasteiger charge is 2.39. The van der Waals surface area contributed by atoms with E-state index in [1.165, 1.54) is 37.7 Å². The molecule has 0 aromatic carbocycles. The molecule has 0 nitrogen and oxygen atoms in total. The Bertz CT molecular complexity index is 484. The quantitative estimate of drug-likeness (QED) is 0.591. The molecule has 0 amide bonds. The van der Waals surface area contributed by atoms with Crippen molar-refractivity contribution in [3.8, 4) is 11.8 Å². The fourth-order valence-electron chi connectivity index (χ4n) is 3.18. The van der Waals surface area contributed by atoms with Crippen molar-refractivity contribution in [1.82, 2.24) is 0 Å². The molecule has 4 aliphatic rings. The van der Waals surface area contributed by atoms with Gasteiger partial charge in [0, 0.05) is 23.3 Å². The molecular formula is C17H18. The van der Waals surface area contributed by atoms with Gasteiger partial charge < -0.3 is 0 Å². The Morgan fingerprint density at radius 3 is 2.41 bits per heavy atom. The highest BCUT2D eigenvalue weighted by atomic mass is 14.4. The zero-order chi connectivity index (χ0) is 11.2. The predicted molar refractivity (Wildman–Crippen MR) is 70.1 cm³/mol. The molecule has 4 aliphatic carbocycles. The van der Waals surface area contributed by atoms with Crippen LogP contribution in [0.3, 0.4) is 0 Å². The molecule has 2 atom stereocenters. The third-order valence-corrected chi connectivity index (χ3v) is 4.39. The van der Waals surface area contributed by atoms with E-state index in [0.717, 1.165) is 11.8 Å². The molecule has 0 aliphatic heterocycles. The van der Waals surface area contributed by atoms with Crippen molar-refractivity contribution in [3.05, 3.63) is 35.5 Å². The summed E-state index contributed by atoms with van der Waals surface area (Å²) in [6, 6.07) is 0. The smallest absolute Gasteiger partial charge is 0.0207 e. The van der Waals surface area contributed by atoms with Crippen molar-refractivity contribution in [2.24, 2.45) is 23.7 Å². The molecule has 4 rings (SSSR count). The summed E-state index contributed by atoms with van der Waals surface area (Å²) in [5, 5.41) is 0. The summed E-state index contributed by atoms with van der Waals surface area (Å²) < 4.78 is 0. The molecule has 17 heavy (non-hydrogen) atoms. The van der Waals surface area contributed by atoms with E-state index in [4.69, 9.17) is 0 Å². The van der Waals surface area contributed by atoms with E-state index in [-0.39, 0.29) is 0 Å². The van der Waals surface area contributed by atoms with E-state index in [2.05, 4.69) is 36.1 Å². The Kier molecular flexibility index (Phi) is 2.09. The molecule has 0 saturated heterocycles. The second-order valence-electron chi connectivity index (χ2n) is 5.91. The van der Waals surface area contributed by atoms with E-state index >= 15 is 0 Å². The highest BCUT2D eigenvalue weighted by Crippen LogP contribution is 2.50. The van der Waals surface area contributed by atoms with E-state index in [1.54, 1.807) is 5.57 Å². The first-order chi connectivity index (χ1) is 8.42. The zero-order valence-corrected chi connectivity index (χ0v) is 10.2. The van der Waals surface area contributed by atoms with Gasteiger partial charge in [-0.15, -0.1) is 0 Å². The van der Waals surface area contributed by atoms with Gasteiger partial charge in [-0.25, -0.2) is 0 Å². The van der Waals surface area contributed by atoms with Crippen LogP contribution >= 0.6 is 0 Å². The fourth-order valence-corrected chi connectivity index (χ4v) is 3.18. The zero-order valence-electron chi connectivity index (χ0n) is 10.2. The number of rotatable bonds is 1. The van der Waals surface area contributed by atoms with Crippen LogP contribution in [0.5, 0.6) is 0 Å². The third kappa shape index (κ3) is 1.78. The average Bonchev–Trinajstić information content (AvgIpc) is 3.16. The van der Waals surface area contributed by atoms with Crippen LogP contribution in [0.15, 0.2) is 35.5 Å². The van der Waals surface area contributed by atoms with Crippen molar-refractivity contribution in [3.63, 3.8) is 0 Å². The topological polar surface area (TPSA) is 0 Å². The Hall–Kier alpha value is -1.22. The first kappa shape index (κ1) is 9.77. The first-order valence-electron chi connectivity index (χ1n) is 7.02. The Morgan fingerprint density at radius 2 is 1.71 bits per heavy atom. The molecule has 2 saturated carbocycles. The SMILES string of the molecule is C(#CC1CC1)C1=C(C2CC2)C2C=CC=CC1C2. The van der Waals surface area contributed by atoms with Crippen molar-refractivity contribution < 1.29 is 0 Å². The van der Waals surface area contributed by atoms with Gasteiger partial charge in [0.25, 0.3) is 0 Å². The van der Waals surface area contributed by atoms with Crippen molar-refractivity contribution in [2.45, 2.75) is 32.1 Å². The molecule has 0 aromatic heterocycles. The van der Waals surface area contributed by atoms with Crippen LogP contribution in [-0.4, -0.2) is 0 Å². The van der Waals surface area contributed by atoms with Crippen LogP contribution in [0.1, 0.15) is 32.1 Å². The van der Waals surface area contributed by atoms with Gasteiger partial charge >= 0.3 is 0 Å². The Labute approximate surface area is 103 Å². The summed E-state index contributed by atoms with van der Waals surface area (Å²) in [4.78, 5) is 0. The minimum Gasteiger partial charge on any atom is -0.0948 e. The second kappa shape index (κ2) is 3.64. The van der Waals surface area contributed by atoms with Gasteiger partial charge in [0.1, 0.15) is 0 Å². The predicted octanol–water partition coefficient (Wildman–Crippen LogP) is 3.87. The maximum atomic E-state index is 3.56. The van der Waals surface area contributed by atoms with E-state index in [1.807, 2.05) is 0 Å². The van der Waals surface area contributed by atoms with Gasteiger partial charge in [-0.3, -0.25) is 0 Å². The number of allylic oxidation sites excluding steroid dienone is 6. The highest BCUT2D eigenvalue weighted by molar-refractivity contribution is 5.48. The first-order valence-corrected chi connectivity index (χ1v) is 7.02. The number of hydrogen-bond acceptors (Lipinski definition) is 0. The largest absolute Gasteiger partial charge is 0.0948 e. The molecule has 2 bridgehead atoms. The van der Waals surface area contributed by atoms with Crippen LogP contribution < -0.4 is 0 Å². The van der Waals surface area contributed by atoms with E-state index < -0.39 is 0 Å². The van der Waals surface area contributed by atoms with E-state index in [9.17, 15) is 0 Å². The van der Waals surface area contributed by atoms with Crippen LogP contribution in [0, 0.1) is 35.5 Å². The van der Waals surface area contributed by atoms with E-state index in [0.29, 0.717) is 11.8 Å². The lowest BCUT2D eigenvalue weighted by Crippen LogP contribution is -1.97. The van der Waals surface area contributed by atoms with Crippen molar-refractivity contribution >= 4 is 0 Å². The van der Waals surface area contributed by atoms with Crippen LogP contribution in [0.2, 0.25) is 0 Å². The average molecular weight is 222 g/mol. The minimum atomic E-state index is 0.622. The summed E-state index contributed by atoms with van der Waals surface area (Å²) in [7, 11) is 0. The molecule has 2 fully saturated rings. The molecule has 0 spiro atoms. The normalized spacial score (nSPS) is 34.6. The summed E-state index contributed by atoms with van der Waals surface area (Å²) in [6.07, 6.45) is 16.0. The molecule has 0 aromatic rings. The molecule has 0 N–H and O–H groups in total. The van der Waals surface area contributed by atoms with Gasteiger partial charge in [0.05, 0.1) is 0 Å². The maximum absolute atomic E-state index is 3.56. The Morgan fingerprint density at radius 1 is 0.941 bits per heavy atom. The van der Waals surface area contributed by atoms with Gasteiger partial charge in [-0.2, -0.15) is 0 Å². The number of hydrogen-bond donors (Lipinski definition) is 0. The molecule has 86 valence electrons. The van der Waals surface area contributed by atoms with Crippen molar-refractivity contribution in [2.75, 3.05) is 0 Å². The molecule has 2 unspecified atom stereocenters. The molecular weight excluding hydrogens is 204 g/mol. The monoisotopic (exact) mass is 222 g/mol. The van der Waals surface area contributed by atoms with Crippen LogP contribution in [-0.2, 0) is 0 Å². The Balaban J connectivity index is 1.75. The summed E-state index contributed by atoms with van der Waals surface area (Å²) in [5.41, 5.74) is 3.22. The standard InChI is InChI=1S/C17H18/c1-2-4-15-11-14(3-1)16(10-7-12-5-6-12)17(15)13-8-9-13/h1-4,12-15H,5-6,8-9,11H2. The summed E-state index contributed by atoms with van der Waals surface area (Å²) in [6.45, 7) is 0. The van der Waals surface area contributed by atoms with Gasteiger partial charge in [0.15, 0.2) is 0 Å². The molecule has 0 radical (unpaired) electrons. The minimum absolute atomic E-state index is 0.622. The lowest BCUT2D eigenvalue weighted by Gasteiger charge is -2.09. The molecule has 0 heterocycles.